The van der Waals surface area contributed by atoms with Crippen molar-refractivity contribution >= 4 is 5.97 Å². The molecular weight excluding hydrogens is 190 g/mol. The molecule has 0 aromatic rings. The normalized spacial score (nSPS) is 18.8. The zero-order valence-corrected chi connectivity index (χ0v) is 9.79. The third-order valence-corrected chi connectivity index (χ3v) is 3.07. The standard InChI is InChI=1S/C12H21NO2/c1-4-10(2)9-13-7-5-11(6-8-13)12(14)15-3/h11H,2,4-9H2,1,3H3. The fraction of sp³-hybridized carbons (Fsp3) is 0.750. The van der Waals surface area contributed by atoms with Gasteiger partial charge in [-0.2, -0.15) is 0 Å². The summed E-state index contributed by atoms with van der Waals surface area (Å²) in [5.41, 5.74) is 1.27. The Labute approximate surface area is 92.1 Å². The maximum absolute atomic E-state index is 11.3. The second-order valence-corrected chi connectivity index (χ2v) is 4.18. The zero-order valence-electron chi connectivity index (χ0n) is 9.79. The predicted octanol–water partition coefficient (Wildman–Crippen LogP) is 1.84. The minimum Gasteiger partial charge on any atom is -0.469 e. The predicted molar refractivity (Wildman–Crippen MR) is 60.6 cm³/mol. The molecule has 86 valence electrons. The SMILES string of the molecule is C=C(CC)CN1CCC(C(=O)OC)CC1. The molecule has 0 atom stereocenters. The Bertz CT molecular complexity index is 230. The van der Waals surface area contributed by atoms with E-state index in [1.54, 1.807) is 0 Å². The molecule has 1 saturated heterocycles. The van der Waals surface area contributed by atoms with Gasteiger partial charge in [-0.05, 0) is 32.4 Å². The largest absolute Gasteiger partial charge is 0.469 e. The van der Waals surface area contributed by atoms with Crippen molar-refractivity contribution in [1.29, 1.82) is 0 Å². The average molecular weight is 211 g/mol. The average Bonchev–Trinajstić information content (AvgIpc) is 2.29. The highest BCUT2D eigenvalue weighted by molar-refractivity contribution is 5.72. The van der Waals surface area contributed by atoms with Crippen LogP contribution in [0, 0.1) is 5.92 Å². The lowest BCUT2D eigenvalue weighted by Crippen LogP contribution is -2.37. The van der Waals surface area contributed by atoms with Crippen LogP contribution in [0.1, 0.15) is 26.2 Å². The van der Waals surface area contributed by atoms with E-state index in [1.165, 1.54) is 12.7 Å². The van der Waals surface area contributed by atoms with Crippen LogP contribution in [0.5, 0.6) is 0 Å². The van der Waals surface area contributed by atoms with Crippen molar-refractivity contribution < 1.29 is 9.53 Å². The number of carbonyl (C=O) groups excluding carboxylic acids is 1. The molecule has 0 aromatic heterocycles. The Balaban J connectivity index is 2.29. The van der Waals surface area contributed by atoms with Crippen LogP contribution in [0.25, 0.3) is 0 Å². The van der Waals surface area contributed by atoms with Crippen LogP contribution in [0.15, 0.2) is 12.2 Å². The number of likely N-dealkylation sites (tertiary alicyclic amines) is 1. The fourth-order valence-corrected chi connectivity index (χ4v) is 1.92. The van der Waals surface area contributed by atoms with Crippen LogP contribution in [0.2, 0.25) is 0 Å². The first-order valence-electron chi connectivity index (χ1n) is 5.64. The van der Waals surface area contributed by atoms with E-state index >= 15 is 0 Å². The van der Waals surface area contributed by atoms with Crippen LogP contribution >= 0.6 is 0 Å². The van der Waals surface area contributed by atoms with Crippen molar-refractivity contribution in [2.75, 3.05) is 26.7 Å². The Kier molecular flexibility index (Phi) is 4.82. The summed E-state index contributed by atoms with van der Waals surface area (Å²) in [6.07, 6.45) is 2.88. The summed E-state index contributed by atoms with van der Waals surface area (Å²) in [5.74, 6) is 0.0603. The van der Waals surface area contributed by atoms with Crippen molar-refractivity contribution in [2.24, 2.45) is 5.92 Å². The minimum atomic E-state index is -0.0519. The molecule has 0 N–H and O–H groups in total. The van der Waals surface area contributed by atoms with Gasteiger partial charge in [0.05, 0.1) is 13.0 Å². The van der Waals surface area contributed by atoms with E-state index in [0.717, 1.165) is 38.9 Å². The molecule has 0 amide bonds. The zero-order chi connectivity index (χ0) is 11.3. The van der Waals surface area contributed by atoms with Crippen LogP contribution in [-0.4, -0.2) is 37.6 Å². The van der Waals surface area contributed by atoms with Gasteiger partial charge in [0.1, 0.15) is 0 Å². The number of hydrogen-bond acceptors (Lipinski definition) is 3. The van der Waals surface area contributed by atoms with E-state index in [0.29, 0.717) is 0 Å². The monoisotopic (exact) mass is 211 g/mol. The van der Waals surface area contributed by atoms with Gasteiger partial charge in [0.15, 0.2) is 0 Å². The lowest BCUT2D eigenvalue weighted by molar-refractivity contribution is -0.147. The molecule has 1 heterocycles. The van der Waals surface area contributed by atoms with E-state index in [1.807, 2.05) is 0 Å². The van der Waals surface area contributed by atoms with Gasteiger partial charge in [0.2, 0.25) is 0 Å². The number of piperidine rings is 1. The van der Waals surface area contributed by atoms with E-state index in [4.69, 9.17) is 4.74 Å². The number of rotatable bonds is 4. The number of methoxy groups -OCH3 is 1. The summed E-state index contributed by atoms with van der Waals surface area (Å²) in [7, 11) is 1.47. The number of hydrogen-bond donors (Lipinski definition) is 0. The molecule has 0 saturated carbocycles. The fourth-order valence-electron chi connectivity index (χ4n) is 1.92. The summed E-state index contributed by atoms with van der Waals surface area (Å²) in [6, 6.07) is 0. The van der Waals surface area contributed by atoms with Crippen molar-refractivity contribution in [3.05, 3.63) is 12.2 Å². The third kappa shape index (κ3) is 3.67. The lowest BCUT2D eigenvalue weighted by atomic mass is 9.96. The van der Waals surface area contributed by atoms with E-state index < -0.39 is 0 Å². The van der Waals surface area contributed by atoms with Crippen molar-refractivity contribution in [3.8, 4) is 0 Å². The third-order valence-electron chi connectivity index (χ3n) is 3.07. The van der Waals surface area contributed by atoms with E-state index in [2.05, 4.69) is 18.4 Å². The Morgan fingerprint density at radius 2 is 2.07 bits per heavy atom. The Morgan fingerprint density at radius 1 is 1.47 bits per heavy atom. The van der Waals surface area contributed by atoms with Gasteiger partial charge in [0.25, 0.3) is 0 Å². The second kappa shape index (κ2) is 5.91. The first-order chi connectivity index (χ1) is 7.17. The Hall–Kier alpha value is -0.830. The number of nitrogens with zero attached hydrogens (tertiary/aromatic N) is 1. The number of carbonyl (C=O) groups is 1. The van der Waals surface area contributed by atoms with E-state index in [9.17, 15) is 4.79 Å². The lowest BCUT2D eigenvalue weighted by Gasteiger charge is -2.30. The second-order valence-electron chi connectivity index (χ2n) is 4.18. The molecule has 0 spiro atoms. The molecule has 3 nitrogen and oxygen atoms in total. The van der Waals surface area contributed by atoms with Crippen molar-refractivity contribution in [2.45, 2.75) is 26.2 Å². The molecule has 1 fully saturated rings. The number of esters is 1. The van der Waals surface area contributed by atoms with Gasteiger partial charge in [-0.15, -0.1) is 0 Å². The molecule has 0 unspecified atom stereocenters. The summed E-state index contributed by atoms with van der Waals surface area (Å²) in [4.78, 5) is 13.7. The van der Waals surface area contributed by atoms with Gasteiger partial charge in [-0.3, -0.25) is 9.69 Å². The quantitative estimate of drug-likeness (QED) is 0.525. The minimum absolute atomic E-state index is 0.0519. The first kappa shape index (κ1) is 12.2. The number of ether oxygens (including phenoxy) is 1. The molecule has 15 heavy (non-hydrogen) atoms. The smallest absolute Gasteiger partial charge is 0.308 e. The summed E-state index contributed by atoms with van der Waals surface area (Å²) in [5, 5.41) is 0. The topological polar surface area (TPSA) is 29.5 Å². The molecule has 0 bridgehead atoms. The Morgan fingerprint density at radius 3 is 2.53 bits per heavy atom. The van der Waals surface area contributed by atoms with Gasteiger partial charge in [-0.1, -0.05) is 19.1 Å². The first-order valence-corrected chi connectivity index (χ1v) is 5.64. The summed E-state index contributed by atoms with van der Waals surface area (Å²) in [6.45, 7) is 9.08. The summed E-state index contributed by atoms with van der Waals surface area (Å²) >= 11 is 0. The molecular formula is C12H21NO2. The molecule has 0 radical (unpaired) electrons. The van der Waals surface area contributed by atoms with E-state index in [-0.39, 0.29) is 11.9 Å². The van der Waals surface area contributed by atoms with Crippen LogP contribution in [0.4, 0.5) is 0 Å². The van der Waals surface area contributed by atoms with Gasteiger partial charge in [0, 0.05) is 6.54 Å². The molecule has 3 heteroatoms. The molecule has 1 aliphatic heterocycles. The highest BCUT2D eigenvalue weighted by Crippen LogP contribution is 2.19. The molecule has 0 aromatic carbocycles. The maximum Gasteiger partial charge on any atom is 0.308 e. The summed E-state index contributed by atoms with van der Waals surface area (Å²) < 4.78 is 4.75. The van der Waals surface area contributed by atoms with Crippen LogP contribution < -0.4 is 0 Å². The van der Waals surface area contributed by atoms with Crippen LogP contribution in [-0.2, 0) is 9.53 Å². The maximum atomic E-state index is 11.3. The van der Waals surface area contributed by atoms with Crippen molar-refractivity contribution in [1.82, 2.24) is 4.90 Å². The molecule has 1 aliphatic rings. The highest BCUT2D eigenvalue weighted by atomic mass is 16.5. The van der Waals surface area contributed by atoms with Gasteiger partial charge < -0.3 is 4.74 Å². The molecule has 1 rings (SSSR count). The molecule has 0 aliphatic carbocycles. The van der Waals surface area contributed by atoms with Crippen LogP contribution in [0.3, 0.4) is 0 Å². The highest BCUT2D eigenvalue weighted by Gasteiger charge is 2.25. The van der Waals surface area contributed by atoms with Gasteiger partial charge in [-0.25, -0.2) is 0 Å². The van der Waals surface area contributed by atoms with Gasteiger partial charge >= 0.3 is 5.97 Å². The van der Waals surface area contributed by atoms with Crippen molar-refractivity contribution in [3.63, 3.8) is 0 Å².